The SMILES string of the molecule is CC(NC(=O)C(Cc1c[nH]c2ccccc12)NC(=O)C(Cc1ccc(O)cc1)NC(=O)C(N)CS)C(=O)O. The number of fused-ring (bicyclic) bond motifs is 1. The largest absolute Gasteiger partial charge is 0.508 e. The summed E-state index contributed by atoms with van der Waals surface area (Å²) in [5, 5.41) is 27.4. The molecule has 202 valence electrons. The zero-order valence-corrected chi connectivity index (χ0v) is 21.6. The minimum Gasteiger partial charge on any atom is -0.508 e. The second-order valence-corrected chi connectivity index (χ2v) is 9.28. The van der Waals surface area contributed by atoms with Crippen LogP contribution in [0.3, 0.4) is 0 Å². The van der Waals surface area contributed by atoms with E-state index in [1.54, 1.807) is 18.3 Å². The number of nitrogens with one attached hydrogen (secondary N) is 4. The third-order valence-corrected chi connectivity index (χ3v) is 6.40. The molecule has 3 amide bonds. The molecular weight excluding hydrogens is 510 g/mol. The Balaban J connectivity index is 1.87. The van der Waals surface area contributed by atoms with Crippen LogP contribution in [0.15, 0.2) is 54.7 Å². The van der Waals surface area contributed by atoms with E-state index >= 15 is 0 Å². The molecule has 11 nitrogen and oxygen atoms in total. The first-order valence-corrected chi connectivity index (χ1v) is 12.6. The third-order valence-electron chi connectivity index (χ3n) is 6.00. The van der Waals surface area contributed by atoms with E-state index in [0.29, 0.717) is 5.56 Å². The van der Waals surface area contributed by atoms with Gasteiger partial charge in [0.15, 0.2) is 0 Å². The van der Waals surface area contributed by atoms with Crippen molar-refractivity contribution in [3.8, 4) is 5.75 Å². The van der Waals surface area contributed by atoms with E-state index in [4.69, 9.17) is 5.73 Å². The van der Waals surface area contributed by atoms with Gasteiger partial charge in [-0.2, -0.15) is 12.6 Å². The predicted molar refractivity (Wildman–Crippen MR) is 145 cm³/mol. The fourth-order valence-corrected chi connectivity index (χ4v) is 3.98. The zero-order valence-electron chi connectivity index (χ0n) is 20.7. The van der Waals surface area contributed by atoms with Gasteiger partial charge in [-0.3, -0.25) is 19.2 Å². The summed E-state index contributed by atoms with van der Waals surface area (Å²) >= 11 is 4.03. The number of aromatic amines is 1. The molecule has 0 spiro atoms. The number of aromatic nitrogens is 1. The molecule has 1 heterocycles. The number of carbonyl (C=O) groups is 4. The fourth-order valence-electron chi connectivity index (χ4n) is 3.82. The summed E-state index contributed by atoms with van der Waals surface area (Å²) in [6.45, 7) is 1.32. The number of aliphatic carboxylic acids is 1. The molecule has 3 aromatic rings. The summed E-state index contributed by atoms with van der Waals surface area (Å²) < 4.78 is 0. The number of para-hydroxylation sites is 1. The van der Waals surface area contributed by atoms with Crippen molar-refractivity contribution in [2.24, 2.45) is 5.73 Å². The average molecular weight is 542 g/mol. The lowest BCUT2D eigenvalue weighted by molar-refractivity contribution is -0.141. The molecule has 0 radical (unpaired) electrons. The number of phenols is 1. The smallest absolute Gasteiger partial charge is 0.325 e. The van der Waals surface area contributed by atoms with Crippen molar-refractivity contribution >= 4 is 47.2 Å². The molecule has 0 saturated heterocycles. The van der Waals surface area contributed by atoms with E-state index in [1.165, 1.54) is 19.1 Å². The van der Waals surface area contributed by atoms with E-state index in [1.807, 2.05) is 24.3 Å². The molecule has 0 bridgehead atoms. The zero-order chi connectivity index (χ0) is 27.8. The van der Waals surface area contributed by atoms with Crippen LogP contribution in [0, 0.1) is 0 Å². The van der Waals surface area contributed by atoms with Gasteiger partial charge in [0, 0.05) is 35.7 Å². The van der Waals surface area contributed by atoms with Gasteiger partial charge in [-0.15, -0.1) is 0 Å². The van der Waals surface area contributed by atoms with E-state index < -0.39 is 47.9 Å². The standard InChI is InChI=1S/C26H31N5O6S/c1-14(26(36)37)29-24(34)22(11-16-12-28-20-5-3-2-4-18(16)20)31-25(35)21(30-23(33)19(27)13-38)10-15-6-8-17(32)9-7-15/h2-9,12,14,19,21-22,28,32,38H,10-11,13,27H2,1H3,(H,29,34)(H,30,33)(H,31,35)(H,36,37). The summed E-state index contributed by atoms with van der Waals surface area (Å²) in [5.41, 5.74) is 7.99. The monoisotopic (exact) mass is 541 g/mol. The molecule has 2 aromatic carbocycles. The number of hydrogen-bond acceptors (Lipinski definition) is 7. The van der Waals surface area contributed by atoms with E-state index in [-0.39, 0.29) is 24.3 Å². The van der Waals surface area contributed by atoms with Crippen LogP contribution < -0.4 is 21.7 Å². The quantitative estimate of drug-likeness (QED) is 0.153. The van der Waals surface area contributed by atoms with Crippen LogP contribution in [0.4, 0.5) is 0 Å². The third kappa shape index (κ3) is 7.49. The molecule has 8 N–H and O–H groups in total. The molecule has 38 heavy (non-hydrogen) atoms. The fraction of sp³-hybridized carbons (Fsp3) is 0.308. The minimum atomic E-state index is -1.23. The van der Waals surface area contributed by atoms with Gasteiger partial charge in [0.05, 0.1) is 6.04 Å². The number of amides is 3. The number of nitrogens with two attached hydrogens (primary N) is 1. The molecule has 0 aliphatic heterocycles. The molecule has 4 atom stereocenters. The number of phenolic OH excluding ortho intramolecular Hbond substituents is 1. The lowest BCUT2D eigenvalue weighted by atomic mass is 10.0. The number of H-pyrrole nitrogens is 1. The minimum absolute atomic E-state index is 0.0406. The van der Waals surface area contributed by atoms with Crippen LogP contribution >= 0.6 is 12.6 Å². The van der Waals surface area contributed by atoms with Gasteiger partial charge in [-0.1, -0.05) is 30.3 Å². The van der Waals surface area contributed by atoms with Crippen LogP contribution in [0.5, 0.6) is 5.75 Å². The second kappa shape index (κ2) is 13.0. The van der Waals surface area contributed by atoms with Crippen LogP contribution in [-0.4, -0.2) is 68.8 Å². The average Bonchev–Trinajstić information content (AvgIpc) is 3.31. The predicted octanol–water partition coefficient (Wildman–Crippen LogP) is 0.475. The Morgan fingerprint density at radius 3 is 2.18 bits per heavy atom. The first kappa shape index (κ1) is 28.5. The Kier molecular flexibility index (Phi) is 9.74. The lowest BCUT2D eigenvalue weighted by Crippen LogP contribution is -2.58. The Bertz CT molecular complexity index is 1290. The highest BCUT2D eigenvalue weighted by Gasteiger charge is 2.30. The van der Waals surface area contributed by atoms with Crippen molar-refractivity contribution < 1.29 is 29.4 Å². The Hall–Kier alpha value is -4.03. The van der Waals surface area contributed by atoms with Crippen molar-refractivity contribution in [2.75, 3.05) is 5.75 Å². The number of aromatic hydroxyl groups is 1. The number of carboxylic acid groups (broad SMARTS) is 1. The van der Waals surface area contributed by atoms with Gasteiger partial charge in [0.25, 0.3) is 0 Å². The van der Waals surface area contributed by atoms with Gasteiger partial charge in [-0.05, 0) is 36.2 Å². The van der Waals surface area contributed by atoms with Crippen LogP contribution in [0.1, 0.15) is 18.1 Å². The van der Waals surface area contributed by atoms with Gasteiger partial charge < -0.3 is 36.9 Å². The Morgan fingerprint density at radius 2 is 1.53 bits per heavy atom. The number of benzene rings is 2. The highest BCUT2D eigenvalue weighted by Crippen LogP contribution is 2.19. The van der Waals surface area contributed by atoms with Crippen LogP contribution in [0.25, 0.3) is 10.9 Å². The van der Waals surface area contributed by atoms with Crippen molar-refractivity contribution in [1.82, 2.24) is 20.9 Å². The topological polar surface area (TPSA) is 187 Å². The van der Waals surface area contributed by atoms with Crippen molar-refractivity contribution in [3.05, 3.63) is 65.9 Å². The molecule has 4 unspecified atom stereocenters. The maximum atomic E-state index is 13.4. The molecule has 0 fully saturated rings. The highest BCUT2D eigenvalue weighted by atomic mass is 32.1. The number of carboxylic acids is 1. The van der Waals surface area contributed by atoms with Gasteiger partial charge in [-0.25, -0.2) is 0 Å². The summed E-state index contributed by atoms with van der Waals surface area (Å²) in [6, 6.07) is 9.12. The van der Waals surface area contributed by atoms with Gasteiger partial charge in [0.1, 0.15) is 23.9 Å². The molecule has 0 aliphatic carbocycles. The number of carbonyl (C=O) groups excluding carboxylic acids is 3. The summed E-state index contributed by atoms with van der Waals surface area (Å²) in [7, 11) is 0. The molecule has 0 saturated carbocycles. The number of rotatable bonds is 12. The number of hydrogen-bond donors (Lipinski definition) is 8. The second-order valence-electron chi connectivity index (χ2n) is 8.91. The van der Waals surface area contributed by atoms with Crippen molar-refractivity contribution in [2.45, 2.75) is 43.9 Å². The van der Waals surface area contributed by atoms with E-state index in [0.717, 1.165) is 16.5 Å². The van der Waals surface area contributed by atoms with Crippen LogP contribution in [-0.2, 0) is 32.0 Å². The van der Waals surface area contributed by atoms with Crippen molar-refractivity contribution in [3.63, 3.8) is 0 Å². The molecule has 1 aromatic heterocycles. The molecular formula is C26H31N5O6S. The maximum absolute atomic E-state index is 13.4. The van der Waals surface area contributed by atoms with E-state index in [2.05, 4.69) is 33.6 Å². The van der Waals surface area contributed by atoms with Gasteiger partial charge >= 0.3 is 5.97 Å². The van der Waals surface area contributed by atoms with E-state index in [9.17, 15) is 29.4 Å². The molecule has 0 aliphatic rings. The summed E-state index contributed by atoms with van der Waals surface area (Å²) in [5.74, 6) is -3.09. The maximum Gasteiger partial charge on any atom is 0.325 e. The Morgan fingerprint density at radius 1 is 0.921 bits per heavy atom. The number of thiol groups is 1. The first-order chi connectivity index (χ1) is 18.1. The molecule has 3 rings (SSSR count). The van der Waals surface area contributed by atoms with Crippen molar-refractivity contribution in [1.29, 1.82) is 0 Å². The summed E-state index contributed by atoms with van der Waals surface area (Å²) in [4.78, 5) is 53.5. The molecule has 12 heteroatoms. The lowest BCUT2D eigenvalue weighted by Gasteiger charge is -2.25. The van der Waals surface area contributed by atoms with Crippen LogP contribution in [0.2, 0.25) is 0 Å². The summed E-state index contributed by atoms with van der Waals surface area (Å²) in [6.07, 6.45) is 1.83. The van der Waals surface area contributed by atoms with Gasteiger partial charge in [0.2, 0.25) is 17.7 Å². The Labute approximate surface area is 224 Å². The first-order valence-electron chi connectivity index (χ1n) is 11.9. The highest BCUT2D eigenvalue weighted by molar-refractivity contribution is 7.80. The normalized spacial score (nSPS) is 14.2.